The maximum absolute atomic E-state index is 12.3. The van der Waals surface area contributed by atoms with Crippen molar-refractivity contribution in [3.63, 3.8) is 0 Å². The third kappa shape index (κ3) is 5.26. The molecule has 1 N–H and O–H groups in total. The Labute approximate surface area is 163 Å². The minimum absolute atomic E-state index is 0.0593. The fourth-order valence-corrected chi connectivity index (χ4v) is 3.69. The first-order valence-electron chi connectivity index (χ1n) is 9.26. The second kappa shape index (κ2) is 9.27. The molecule has 0 radical (unpaired) electrons. The van der Waals surface area contributed by atoms with E-state index in [9.17, 15) is 4.79 Å². The molecule has 27 heavy (non-hydrogen) atoms. The van der Waals surface area contributed by atoms with Gasteiger partial charge in [-0.05, 0) is 25.0 Å². The standard InChI is InChI=1S/C18H27N5O3S/c1-13(2)11-23-17(22-6-9-25-10-7-22)20-21-18(23)27-12-16(24)19-14(3)15-5-4-8-26-15/h4-5,8,13-14H,6-7,9-12H2,1-3H3,(H,19,24)/t14-/m0/s1. The molecule has 0 saturated carbocycles. The molecule has 1 amide bonds. The zero-order chi connectivity index (χ0) is 19.2. The molecule has 1 saturated heterocycles. The van der Waals surface area contributed by atoms with Crippen molar-refractivity contribution in [2.75, 3.05) is 37.0 Å². The van der Waals surface area contributed by atoms with E-state index < -0.39 is 0 Å². The molecule has 0 spiro atoms. The summed E-state index contributed by atoms with van der Waals surface area (Å²) in [7, 11) is 0. The largest absolute Gasteiger partial charge is 0.467 e. The van der Waals surface area contributed by atoms with Crippen LogP contribution in [0.1, 0.15) is 32.6 Å². The Kier molecular flexibility index (Phi) is 6.78. The zero-order valence-corrected chi connectivity index (χ0v) is 16.9. The SMILES string of the molecule is CC(C)Cn1c(SCC(=O)N[C@@H](C)c2ccco2)nnc1N1CCOCC1. The Morgan fingerprint density at radius 2 is 2.07 bits per heavy atom. The molecular formula is C18H27N5O3S. The summed E-state index contributed by atoms with van der Waals surface area (Å²) in [4.78, 5) is 14.5. The van der Waals surface area contributed by atoms with Gasteiger partial charge in [-0.3, -0.25) is 9.36 Å². The van der Waals surface area contributed by atoms with Gasteiger partial charge in [-0.25, -0.2) is 0 Å². The Morgan fingerprint density at radius 1 is 1.30 bits per heavy atom. The first-order chi connectivity index (χ1) is 13.0. The number of nitrogens with zero attached hydrogens (tertiary/aromatic N) is 4. The first kappa shape index (κ1) is 19.8. The Morgan fingerprint density at radius 3 is 2.74 bits per heavy atom. The van der Waals surface area contributed by atoms with Crippen LogP contribution in [0.25, 0.3) is 0 Å². The van der Waals surface area contributed by atoms with Crippen molar-refractivity contribution in [1.82, 2.24) is 20.1 Å². The quantitative estimate of drug-likeness (QED) is 0.689. The lowest BCUT2D eigenvalue weighted by Gasteiger charge is -2.28. The minimum atomic E-state index is -0.162. The highest BCUT2D eigenvalue weighted by Gasteiger charge is 2.22. The molecule has 1 fully saturated rings. The van der Waals surface area contributed by atoms with Crippen molar-refractivity contribution >= 4 is 23.6 Å². The van der Waals surface area contributed by atoms with Crippen LogP contribution >= 0.6 is 11.8 Å². The van der Waals surface area contributed by atoms with Gasteiger partial charge in [-0.15, -0.1) is 10.2 Å². The molecule has 9 heteroatoms. The van der Waals surface area contributed by atoms with Gasteiger partial charge in [0.25, 0.3) is 0 Å². The summed E-state index contributed by atoms with van der Waals surface area (Å²) in [6.45, 7) is 10.1. The highest BCUT2D eigenvalue weighted by molar-refractivity contribution is 7.99. The van der Waals surface area contributed by atoms with Crippen LogP contribution in [0.3, 0.4) is 0 Å². The molecular weight excluding hydrogens is 366 g/mol. The number of furan rings is 1. The van der Waals surface area contributed by atoms with Gasteiger partial charge in [-0.1, -0.05) is 25.6 Å². The first-order valence-corrected chi connectivity index (χ1v) is 10.2. The van der Waals surface area contributed by atoms with Crippen LogP contribution in [0.2, 0.25) is 0 Å². The van der Waals surface area contributed by atoms with Crippen LogP contribution in [0.5, 0.6) is 0 Å². The number of hydrogen-bond donors (Lipinski definition) is 1. The predicted octanol–water partition coefficient (Wildman–Crippen LogP) is 2.33. The predicted molar refractivity (Wildman–Crippen MR) is 104 cm³/mol. The summed E-state index contributed by atoms with van der Waals surface area (Å²) < 4.78 is 12.9. The average molecular weight is 394 g/mol. The summed E-state index contributed by atoms with van der Waals surface area (Å²) in [5.41, 5.74) is 0. The van der Waals surface area contributed by atoms with Crippen molar-refractivity contribution in [2.24, 2.45) is 5.92 Å². The molecule has 148 valence electrons. The van der Waals surface area contributed by atoms with E-state index in [-0.39, 0.29) is 17.7 Å². The van der Waals surface area contributed by atoms with Crippen LogP contribution in [-0.4, -0.2) is 52.7 Å². The molecule has 3 rings (SSSR count). The molecule has 0 aromatic carbocycles. The number of anilines is 1. The van der Waals surface area contributed by atoms with E-state index in [0.717, 1.165) is 36.5 Å². The van der Waals surface area contributed by atoms with Gasteiger partial charge >= 0.3 is 0 Å². The molecule has 3 heterocycles. The summed E-state index contributed by atoms with van der Waals surface area (Å²) in [5.74, 6) is 2.28. The number of nitrogens with one attached hydrogen (secondary N) is 1. The maximum atomic E-state index is 12.3. The molecule has 1 aliphatic heterocycles. The third-order valence-electron chi connectivity index (χ3n) is 4.22. The number of aromatic nitrogens is 3. The number of ether oxygens (including phenoxy) is 1. The van der Waals surface area contributed by atoms with Crippen molar-refractivity contribution in [2.45, 2.75) is 38.5 Å². The van der Waals surface area contributed by atoms with Gasteiger partial charge in [0, 0.05) is 19.6 Å². The van der Waals surface area contributed by atoms with Crippen LogP contribution in [0, 0.1) is 5.92 Å². The molecule has 1 aliphatic rings. The summed E-state index contributed by atoms with van der Waals surface area (Å²) in [6, 6.07) is 3.51. The van der Waals surface area contributed by atoms with Gasteiger partial charge in [0.05, 0.1) is 31.3 Å². The number of rotatable bonds is 8. The molecule has 0 bridgehead atoms. The van der Waals surface area contributed by atoms with Crippen molar-refractivity contribution in [3.05, 3.63) is 24.2 Å². The van der Waals surface area contributed by atoms with Crippen molar-refractivity contribution < 1.29 is 13.9 Å². The Bertz CT molecular complexity index is 725. The fourth-order valence-electron chi connectivity index (χ4n) is 2.93. The highest BCUT2D eigenvalue weighted by Crippen LogP contribution is 2.24. The van der Waals surface area contributed by atoms with Crippen molar-refractivity contribution in [3.8, 4) is 0 Å². The number of hydrogen-bond acceptors (Lipinski definition) is 7. The van der Waals surface area contributed by atoms with E-state index >= 15 is 0 Å². The number of carbonyl (C=O) groups is 1. The van der Waals surface area contributed by atoms with Crippen LogP contribution in [0.15, 0.2) is 28.0 Å². The number of carbonyl (C=O) groups excluding carboxylic acids is 1. The summed E-state index contributed by atoms with van der Waals surface area (Å²) in [5, 5.41) is 12.4. The van der Waals surface area contributed by atoms with E-state index in [4.69, 9.17) is 9.15 Å². The maximum Gasteiger partial charge on any atom is 0.231 e. The summed E-state index contributed by atoms with van der Waals surface area (Å²) >= 11 is 1.41. The highest BCUT2D eigenvalue weighted by atomic mass is 32.2. The minimum Gasteiger partial charge on any atom is -0.467 e. The number of morpholine rings is 1. The smallest absolute Gasteiger partial charge is 0.231 e. The lowest BCUT2D eigenvalue weighted by Crippen LogP contribution is -2.38. The van der Waals surface area contributed by atoms with Crippen LogP contribution < -0.4 is 10.2 Å². The molecule has 8 nitrogen and oxygen atoms in total. The van der Waals surface area contributed by atoms with Gasteiger partial charge in [0.2, 0.25) is 11.9 Å². The van der Waals surface area contributed by atoms with E-state index in [2.05, 4.69) is 38.8 Å². The number of thioether (sulfide) groups is 1. The Hall–Kier alpha value is -2.00. The second-order valence-electron chi connectivity index (χ2n) is 6.98. The van der Waals surface area contributed by atoms with Gasteiger partial charge in [0.1, 0.15) is 5.76 Å². The fraction of sp³-hybridized carbons (Fsp3) is 0.611. The third-order valence-corrected chi connectivity index (χ3v) is 5.19. The normalized spacial score (nSPS) is 15.9. The Balaban J connectivity index is 1.63. The monoisotopic (exact) mass is 393 g/mol. The average Bonchev–Trinajstić information content (AvgIpc) is 3.30. The molecule has 0 unspecified atom stereocenters. The number of amides is 1. The molecule has 2 aromatic rings. The topological polar surface area (TPSA) is 85.4 Å². The van der Waals surface area contributed by atoms with E-state index in [1.807, 2.05) is 19.1 Å². The lowest BCUT2D eigenvalue weighted by atomic mass is 10.2. The van der Waals surface area contributed by atoms with Gasteiger partial charge in [-0.2, -0.15) is 0 Å². The van der Waals surface area contributed by atoms with Crippen LogP contribution in [0.4, 0.5) is 5.95 Å². The lowest BCUT2D eigenvalue weighted by molar-refractivity contribution is -0.119. The second-order valence-corrected chi connectivity index (χ2v) is 7.92. The van der Waals surface area contributed by atoms with E-state index in [1.54, 1.807) is 6.26 Å². The molecule has 2 aromatic heterocycles. The van der Waals surface area contributed by atoms with Gasteiger partial charge < -0.3 is 19.4 Å². The summed E-state index contributed by atoms with van der Waals surface area (Å²) in [6.07, 6.45) is 1.61. The van der Waals surface area contributed by atoms with Crippen molar-refractivity contribution in [1.29, 1.82) is 0 Å². The van der Waals surface area contributed by atoms with Crippen LogP contribution in [-0.2, 0) is 16.1 Å². The van der Waals surface area contributed by atoms with Gasteiger partial charge in [0.15, 0.2) is 5.16 Å². The van der Waals surface area contributed by atoms with E-state index in [1.165, 1.54) is 11.8 Å². The molecule has 0 aliphatic carbocycles. The van der Waals surface area contributed by atoms with E-state index in [0.29, 0.717) is 19.1 Å². The zero-order valence-electron chi connectivity index (χ0n) is 16.1. The molecule has 1 atom stereocenters.